The summed E-state index contributed by atoms with van der Waals surface area (Å²) in [6.07, 6.45) is 3.38. The molecule has 0 saturated heterocycles. The lowest BCUT2D eigenvalue weighted by atomic mass is 9.87. The van der Waals surface area contributed by atoms with Gasteiger partial charge in [0.15, 0.2) is 0 Å². The molecule has 0 N–H and O–H groups in total. The van der Waals surface area contributed by atoms with Crippen LogP contribution in [-0.4, -0.2) is 0 Å². The Morgan fingerprint density at radius 2 is 2.00 bits per heavy atom. The molecule has 0 bridgehead atoms. The van der Waals surface area contributed by atoms with Crippen LogP contribution < -0.4 is 0 Å². The number of benzene rings is 1. The largest absolute Gasteiger partial charge is 0.147 e. The predicted molar refractivity (Wildman–Crippen MR) is 83.7 cm³/mol. The summed E-state index contributed by atoms with van der Waals surface area (Å²) in [5.41, 5.74) is 5.83. The van der Waals surface area contributed by atoms with Gasteiger partial charge in [0.05, 0.1) is 0 Å². The van der Waals surface area contributed by atoms with Crippen molar-refractivity contribution in [1.82, 2.24) is 0 Å². The minimum absolute atomic E-state index is 0.698. The van der Waals surface area contributed by atoms with E-state index < -0.39 is 0 Å². The van der Waals surface area contributed by atoms with Crippen molar-refractivity contribution in [3.63, 3.8) is 0 Å². The van der Waals surface area contributed by atoms with Gasteiger partial charge in [0, 0.05) is 0 Å². The Kier molecular flexibility index (Phi) is 4.00. The second kappa shape index (κ2) is 5.16. The molecule has 0 fully saturated rings. The van der Waals surface area contributed by atoms with Gasteiger partial charge in [-0.15, -0.1) is 21.9 Å². The Bertz CT molecular complexity index is 472. The molecule has 0 nitrogen and oxygen atoms in total. The molecule has 0 spiro atoms. The molecular formula is C15H21PS. The van der Waals surface area contributed by atoms with Gasteiger partial charge in [0.25, 0.3) is 0 Å². The maximum atomic E-state index is 4.60. The number of allylic oxidation sites excluding steroid dienone is 1. The van der Waals surface area contributed by atoms with Crippen molar-refractivity contribution in [2.24, 2.45) is 5.92 Å². The summed E-state index contributed by atoms with van der Waals surface area (Å²) in [7, 11) is 2.89. The molecule has 1 aliphatic carbocycles. The maximum absolute atomic E-state index is 4.60. The number of hydrogen-bond donors (Lipinski definition) is 1. The van der Waals surface area contributed by atoms with Gasteiger partial charge >= 0.3 is 0 Å². The van der Waals surface area contributed by atoms with Crippen LogP contribution >= 0.6 is 21.9 Å². The Morgan fingerprint density at radius 1 is 1.29 bits per heavy atom. The molecule has 1 atom stereocenters. The van der Waals surface area contributed by atoms with Crippen LogP contribution in [0.4, 0.5) is 0 Å². The molecule has 0 saturated carbocycles. The van der Waals surface area contributed by atoms with Crippen LogP contribution in [0.5, 0.6) is 0 Å². The van der Waals surface area contributed by atoms with Crippen molar-refractivity contribution < 1.29 is 0 Å². The summed E-state index contributed by atoms with van der Waals surface area (Å²) < 4.78 is 0. The fourth-order valence-electron chi connectivity index (χ4n) is 2.62. The lowest BCUT2D eigenvalue weighted by Gasteiger charge is -2.23. The van der Waals surface area contributed by atoms with Crippen molar-refractivity contribution in [3.05, 3.63) is 39.3 Å². The number of thiol groups is 1. The fraction of sp³-hybridized carbons (Fsp3) is 0.467. The van der Waals surface area contributed by atoms with Crippen molar-refractivity contribution in [3.8, 4) is 0 Å². The first-order valence-electron chi connectivity index (χ1n) is 6.29. The molecule has 0 radical (unpaired) electrons. The van der Waals surface area contributed by atoms with E-state index in [-0.39, 0.29) is 0 Å². The van der Waals surface area contributed by atoms with Crippen LogP contribution in [0.25, 0.3) is 5.31 Å². The predicted octanol–water partition coefficient (Wildman–Crippen LogP) is 4.61. The summed E-state index contributed by atoms with van der Waals surface area (Å²) in [6.45, 7) is 6.77. The summed E-state index contributed by atoms with van der Waals surface area (Å²) >= 11 is 4.60. The van der Waals surface area contributed by atoms with Gasteiger partial charge in [0.1, 0.15) is 0 Å². The standard InChI is InChI=1S/C15H21PS/c1-9(2)6-12-8-10(3)7-11-4-5-13(17)15(16)14(11)12/h7-9,17H,4-6,16H2,1-3H3. The molecule has 1 unspecified atom stereocenters. The van der Waals surface area contributed by atoms with E-state index in [0.29, 0.717) is 5.92 Å². The van der Waals surface area contributed by atoms with E-state index in [1.807, 2.05) is 0 Å². The minimum atomic E-state index is 0.698. The summed E-state index contributed by atoms with van der Waals surface area (Å²) in [5.74, 6) is 0.698. The first-order valence-corrected chi connectivity index (χ1v) is 7.32. The van der Waals surface area contributed by atoms with E-state index in [0.717, 1.165) is 19.3 Å². The summed E-state index contributed by atoms with van der Waals surface area (Å²) in [5, 5.41) is 1.31. The SMILES string of the molecule is Cc1cc2c(c(CC(C)C)c1)C(P)=C(S)CC2. The minimum Gasteiger partial charge on any atom is -0.147 e. The van der Waals surface area contributed by atoms with Crippen LogP contribution in [0.1, 0.15) is 42.5 Å². The molecule has 0 amide bonds. The van der Waals surface area contributed by atoms with Gasteiger partial charge in [-0.1, -0.05) is 31.5 Å². The maximum Gasteiger partial charge on any atom is -0.0103 e. The van der Waals surface area contributed by atoms with E-state index >= 15 is 0 Å². The quantitative estimate of drug-likeness (QED) is 0.585. The third-order valence-electron chi connectivity index (χ3n) is 3.29. The third kappa shape index (κ3) is 2.77. The van der Waals surface area contributed by atoms with Gasteiger partial charge in [-0.2, -0.15) is 0 Å². The zero-order chi connectivity index (χ0) is 12.6. The highest BCUT2D eigenvalue weighted by atomic mass is 32.1. The molecule has 2 rings (SSSR count). The van der Waals surface area contributed by atoms with Gasteiger partial charge < -0.3 is 0 Å². The van der Waals surface area contributed by atoms with Crippen LogP contribution in [0, 0.1) is 12.8 Å². The molecule has 1 aromatic carbocycles. The first-order chi connectivity index (χ1) is 7.99. The average molecular weight is 264 g/mol. The fourth-order valence-corrected chi connectivity index (χ4v) is 3.36. The molecule has 0 aliphatic heterocycles. The number of aryl methyl sites for hydroxylation is 2. The van der Waals surface area contributed by atoms with Crippen LogP contribution in [-0.2, 0) is 12.8 Å². The number of rotatable bonds is 2. The molecular weight excluding hydrogens is 243 g/mol. The highest BCUT2D eigenvalue weighted by molar-refractivity contribution is 7.85. The highest BCUT2D eigenvalue weighted by Crippen LogP contribution is 2.40. The number of hydrogen-bond acceptors (Lipinski definition) is 1. The topological polar surface area (TPSA) is 0 Å². The lowest BCUT2D eigenvalue weighted by Crippen LogP contribution is -2.07. The molecule has 0 heterocycles. The molecule has 0 aromatic heterocycles. The highest BCUT2D eigenvalue weighted by Gasteiger charge is 2.18. The Labute approximate surface area is 113 Å². The molecule has 1 aromatic rings. The summed E-state index contributed by atoms with van der Waals surface area (Å²) in [4.78, 5) is 1.23. The molecule has 17 heavy (non-hydrogen) atoms. The van der Waals surface area contributed by atoms with Gasteiger partial charge in [0.2, 0.25) is 0 Å². The molecule has 2 heteroatoms. The van der Waals surface area contributed by atoms with Crippen molar-refractivity contribution in [1.29, 1.82) is 0 Å². The van der Waals surface area contributed by atoms with E-state index in [4.69, 9.17) is 0 Å². The van der Waals surface area contributed by atoms with Crippen LogP contribution in [0.3, 0.4) is 0 Å². The van der Waals surface area contributed by atoms with Crippen molar-refractivity contribution in [2.45, 2.75) is 40.0 Å². The summed E-state index contributed by atoms with van der Waals surface area (Å²) in [6, 6.07) is 4.68. The zero-order valence-corrected chi connectivity index (χ0v) is 12.9. The Hall–Kier alpha value is -0.260. The zero-order valence-electron chi connectivity index (χ0n) is 10.9. The second-order valence-electron chi connectivity index (χ2n) is 5.42. The Balaban J connectivity index is 2.57. The normalized spacial score (nSPS) is 15.4. The second-order valence-corrected chi connectivity index (χ2v) is 6.53. The van der Waals surface area contributed by atoms with Crippen molar-refractivity contribution >= 4 is 27.2 Å². The van der Waals surface area contributed by atoms with E-state index in [1.54, 1.807) is 0 Å². The van der Waals surface area contributed by atoms with Crippen molar-refractivity contribution in [2.75, 3.05) is 0 Å². The first kappa shape index (κ1) is 13.2. The smallest absolute Gasteiger partial charge is 0.0103 e. The average Bonchev–Trinajstić information content (AvgIpc) is 2.22. The van der Waals surface area contributed by atoms with E-state index in [2.05, 4.69) is 54.8 Å². The molecule has 1 aliphatic rings. The molecule has 92 valence electrons. The van der Waals surface area contributed by atoms with E-state index in [9.17, 15) is 0 Å². The lowest BCUT2D eigenvalue weighted by molar-refractivity contribution is 0.645. The van der Waals surface area contributed by atoms with Gasteiger partial charge in [-0.25, -0.2) is 0 Å². The van der Waals surface area contributed by atoms with Crippen LogP contribution in [0.2, 0.25) is 0 Å². The Morgan fingerprint density at radius 3 is 2.65 bits per heavy atom. The van der Waals surface area contributed by atoms with E-state index in [1.165, 1.54) is 32.5 Å². The number of fused-ring (bicyclic) bond motifs is 1. The van der Waals surface area contributed by atoms with Gasteiger partial charge in [-0.05, 0) is 59.0 Å². The monoisotopic (exact) mass is 264 g/mol. The third-order valence-corrected chi connectivity index (χ3v) is 4.63. The van der Waals surface area contributed by atoms with Gasteiger partial charge in [-0.3, -0.25) is 0 Å². The van der Waals surface area contributed by atoms with Crippen LogP contribution in [0.15, 0.2) is 17.0 Å².